The Morgan fingerprint density at radius 3 is 2.81 bits per heavy atom. The van der Waals surface area contributed by atoms with Gasteiger partial charge in [0.1, 0.15) is 5.76 Å². The van der Waals surface area contributed by atoms with Crippen LogP contribution in [0, 0.1) is 5.92 Å². The van der Waals surface area contributed by atoms with Crippen LogP contribution in [-0.4, -0.2) is 41.4 Å². The average molecular weight is 288 g/mol. The van der Waals surface area contributed by atoms with Crippen molar-refractivity contribution in [1.29, 1.82) is 0 Å². The zero-order chi connectivity index (χ0) is 14.8. The summed E-state index contributed by atoms with van der Waals surface area (Å²) in [5, 5.41) is 0. The summed E-state index contributed by atoms with van der Waals surface area (Å²) in [4.78, 5) is 16.9. The summed E-state index contributed by atoms with van der Waals surface area (Å²) < 4.78 is 5.79. The van der Waals surface area contributed by atoms with Crippen LogP contribution >= 0.6 is 0 Å². The van der Waals surface area contributed by atoms with E-state index in [4.69, 9.17) is 4.42 Å². The van der Waals surface area contributed by atoms with Crippen molar-refractivity contribution >= 4 is 5.91 Å². The summed E-state index contributed by atoms with van der Waals surface area (Å²) >= 11 is 0. The quantitative estimate of drug-likeness (QED) is 0.799. The number of hydrogen-bond acceptors (Lipinski definition) is 3. The second-order valence-electron chi connectivity index (χ2n) is 6.37. The van der Waals surface area contributed by atoms with Crippen molar-refractivity contribution in [3.8, 4) is 0 Å². The fourth-order valence-electron chi connectivity index (χ4n) is 3.22. The van der Waals surface area contributed by atoms with Crippen molar-refractivity contribution in [3.05, 3.63) is 35.8 Å². The molecule has 0 N–H and O–H groups in total. The molecule has 4 heteroatoms. The van der Waals surface area contributed by atoms with Gasteiger partial charge in [0.15, 0.2) is 5.76 Å². The van der Waals surface area contributed by atoms with Gasteiger partial charge in [0, 0.05) is 6.54 Å². The van der Waals surface area contributed by atoms with Crippen LogP contribution in [0.1, 0.15) is 43.0 Å². The molecule has 0 aliphatic carbocycles. The lowest BCUT2D eigenvalue weighted by Crippen LogP contribution is -2.38. The molecule has 3 heterocycles. The van der Waals surface area contributed by atoms with E-state index in [0.717, 1.165) is 25.4 Å². The minimum absolute atomic E-state index is 0.00590. The summed E-state index contributed by atoms with van der Waals surface area (Å²) in [5.74, 6) is 1.80. The third-order valence-corrected chi connectivity index (χ3v) is 4.39. The Morgan fingerprint density at radius 2 is 2.10 bits per heavy atom. The Hall–Kier alpha value is -1.55. The van der Waals surface area contributed by atoms with Gasteiger partial charge in [-0.05, 0) is 44.0 Å². The maximum absolute atomic E-state index is 12.6. The largest absolute Gasteiger partial charge is 0.455 e. The van der Waals surface area contributed by atoms with Gasteiger partial charge in [0.25, 0.3) is 5.91 Å². The molecular weight excluding hydrogens is 264 g/mol. The molecule has 0 radical (unpaired) electrons. The van der Waals surface area contributed by atoms with Crippen molar-refractivity contribution in [2.75, 3.05) is 19.6 Å². The highest BCUT2D eigenvalue weighted by atomic mass is 16.4. The molecule has 1 atom stereocenters. The van der Waals surface area contributed by atoms with Gasteiger partial charge in [-0.2, -0.15) is 0 Å². The lowest BCUT2D eigenvalue weighted by atomic mass is 10.0. The molecule has 1 saturated heterocycles. The fourth-order valence-corrected chi connectivity index (χ4v) is 3.22. The third kappa shape index (κ3) is 3.05. The second kappa shape index (κ2) is 6.06. The lowest BCUT2D eigenvalue weighted by molar-refractivity contribution is 0.0685. The van der Waals surface area contributed by atoms with E-state index in [1.54, 1.807) is 0 Å². The maximum atomic E-state index is 12.6. The first-order valence-electron chi connectivity index (χ1n) is 7.94. The minimum Gasteiger partial charge on any atom is -0.455 e. The second-order valence-corrected chi connectivity index (χ2v) is 6.37. The first kappa shape index (κ1) is 14.4. The van der Waals surface area contributed by atoms with Crippen molar-refractivity contribution in [1.82, 2.24) is 9.80 Å². The zero-order valence-corrected chi connectivity index (χ0v) is 12.9. The third-order valence-electron chi connectivity index (χ3n) is 4.39. The highest BCUT2D eigenvalue weighted by Gasteiger charge is 2.29. The molecule has 0 spiro atoms. The lowest BCUT2D eigenvalue weighted by Gasteiger charge is -2.26. The molecule has 0 unspecified atom stereocenters. The molecule has 1 aromatic heterocycles. The van der Waals surface area contributed by atoms with E-state index in [0.29, 0.717) is 18.2 Å². The number of likely N-dealkylation sites (tertiary alicyclic amines) is 1. The summed E-state index contributed by atoms with van der Waals surface area (Å²) in [6, 6.07) is 3.95. The topological polar surface area (TPSA) is 36.7 Å². The van der Waals surface area contributed by atoms with Gasteiger partial charge in [0.2, 0.25) is 0 Å². The van der Waals surface area contributed by atoms with Crippen LogP contribution in [0.4, 0.5) is 0 Å². The van der Waals surface area contributed by atoms with Crippen LogP contribution in [0.2, 0.25) is 0 Å². The van der Waals surface area contributed by atoms with Gasteiger partial charge in [-0.15, -0.1) is 0 Å². The number of carbonyl (C=O) groups is 1. The Morgan fingerprint density at radius 1 is 1.33 bits per heavy atom. The summed E-state index contributed by atoms with van der Waals surface area (Å²) in [6.45, 7) is 8.05. The van der Waals surface area contributed by atoms with Crippen molar-refractivity contribution in [2.45, 2.75) is 39.3 Å². The average Bonchev–Trinajstić information content (AvgIpc) is 3.19. The standard InChI is InChI=1S/C17H24N2O2/c1-13(2)15-6-5-11-19(15)17(20)16-8-7-14(21-16)12-18-9-3-4-10-18/h5-8,13,15H,3-4,9-12H2,1-2H3/t15-/m0/s1. The normalized spacial score (nSPS) is 22.6. The Balaban J connectivity index is 1.66. The smallest absolute Gasteiger partial charge is 0.290 e. The van der Waals surface area contributed by atoms with E-state index in [9.17, 15) is 4.79 Å². The van der Waals surface area contributed by atoms with Crippen LogP contribution in [0.3, 0.4) is 0 Å². The van der Waals surface area contributed by atoms with E-state index in [-0.39, 0.29) is 11.9 Å². The molecule has 1 aromatic rings. The van der Waals surface area contributed by atoms with E-state index < -0.39 is 0 Å². The van der Waals surface area contributed by atoms with E-state index >= 15 is 0 Å². The number of hydrogen-bond donors (Lipinski definition) is 0. The van der Waals surface area contributed by atoms with Crippen LogP contribution < -0.4 is 0 Å². The van der Waals surface area contributed by atoms with Crippen LogP contribution in [-0.2, 0) is 6.54 Å². The van der Waals surface area contributed by atoms with Gasteiger partial charge in [-0.3, -0.25) is 9.69 Å². The number of rotatable bonds is 4. The molecule has 0 bridgehead atoms. The summed E-state index contributed by atoms with van der Waals surface area (Å²) in [6.07, 6.45) is 6.72. The van der Waals surface area contributed by atoms with Crippen molar-refractivity contribution in [2.24, 2.45) is 5.92 Å². The molecule has 21 heavy (non-hydrogen) atoms. The number of furan rings is 1. The SMILES string of the molecule is CC(C)[C@@H]1C=CCN1C(=O)c1ccc(CN2CCCC2)o1. The molecule has 2 aliphatic heterocycles. The van der Waals surface area contributed by atoms with E-state index in [1.807, 2.05) is 17.0 Å². The number of nitrogens with zero attached hydrogens (tertiary/aromatic N) is 2. The predicted molar refractivity (Wildman–Crippen MR) is 82.0 cm³/mol. The summed E-state index contributed by atoms with van der Waals surface area (Å²) in [7, 11) is 0. The highest BCUT2D eigenvalue weighted by Crippen LogP contribution is 2.22. The number of amides is 1. The fraction of sp³-hybridized carbons (Fsp3) is 0.588. The molecule has 0 aromatic carbocycles. The van der Waals surface area contributed by atoms with Gasteiger partial charge in [0.05, 0.1) is 12.6 Å². The molecule has 1 fully saturated rings. The minimum atomic E-state index is 0.00590. The van der Waals surface area contributed by atoms with Gasteiger partial charge in [-0.25, -0.2) is 0 Å². The molecule has 2 aliphatic rings. The predicted octanol–water partition coefficient (Wildman–Crippen LogP) is 2.91. The Labute approximate surface area is 126 Å². The summed E-state index contributed by atoms with van der Waals surface area (Å²) in [5.41, 5.74) is 0. The zero-order valence-electron chi connectivity index (χ0n) is 12.9. The van der Waals surface area contributed by atoms with Crippen molar-refractivity contribution in [3.63, 3.8) is 0 Å². The molecule has 3 rings (SSSR count). The first-order valence-corrected chi connectivity index (χ1v) is 7.94. The van der Waals surface area contributed by atoms with Gasteiger partial charge < -0.3 is 9.32 Å². The van der Waals surface area contributed by atoms with Crippen LogP contribution in [0.25, 0.3) is 0 Å². The number of carbonyl (C=O) groups excluding carboxylic acids is 1. The Kier molecular flexibility index (Phi) is 4.15. The highest BCUT2D eigenvalue weighted by molar-refractivity contribution is 5.92. The molecule has 1 amide bonds. The molecular formula is C17H24N2O2. The van der Waals surface area contributed by atoms with E-state index in [2.05, 4.69) is 30.9 Å². The Bertz CT molecular complexity index is 527. The molecule has 4 nitrogen and oxygen atoms in total. The molecule has 114 valence electrons. The van der Waals surface area contributed by atoms with E-state index in [1.165, 1.54) is 12.8 Å². The first-order chi connectivity index (χ1) is 10.1. The molecule has 0 saturated carbocycles. The monoisotopic (exact) mass is 288 g/mol. The maximum Gasteiger partial charge on any atom is 0.290 e. The van der Waals surface area contributed by atoms with Gasteiger partial charge in [-0.1, -0.05) is 26.0 Å². The van der Waals surface area contributed by atoms with Gasteiger partial charge >= 0.3 is 0 Å². The van der Waals surface area contributed by atoms with Crippen LogP contribution in [0.15, 0.2) is 28.7 Å². The van der Waals surface area contributed by atoms with Crippen molar-refractivity contribution < 1.29 is 9.21 Å². The van der Waals surface area contributed by atoms with Crippen LogP contribution in [0.5, 0.6) is 0 Å².